The van der Waals surface area contributed by atoms with Crippen LogP contribution in [0.2, 0.25) is 10.0 Å². The van der Waals surface area contributed by atoms with Crippen LogP contribution in [0.3, 0.4) is 0 Å². The van der Waals surface area contributed by atoms with Crippen molar-refractivity contribution >= 4 is 50.9 Å². The third-order valence-electron chi connectivity index (χ3n) is 12.0. The number of nitrogens with one attached hydrogen (secondary N) is 1. The van der Waals surface area contributed by atoms with Crippen LogP contribution < -0.4 is 5.32 Å². The molecule has 1 amide bonds. The SMILES string of the molecule is Cc1nc2c(F)c(-c3cccc(Cl)c3Cl)c(CCC#N)cc2c2c1cc([C@H]1[C@H]3C[C@H](C[C@@H]3C(F)F)N1C(=O)C1CC1)n2[C@H]1[C@H]2CN[C@@H]1C2. The number of nitrogens with zero attached hydrogens (tertiary/aromatic N) is 4. The van der Waals surface area contributed by atoms with E-state index in [4.69, 9.17) is 28.2 Å². The Morgan fingerprint density at radius 3 is 2.67 bits per heavy atom. The molecule has 5 heterocycles. The number of carbonyl (C=O) groups excluding carboxylic acids is 1. The Morgan fingerprint density at radius 2 is 1.98 bits per heavy atom. The number of halogens is 5. The number of nitriles is 1. The smallest absolute Gasteiger partial charge is 0.241 e. The van der Waals surface area contributed by atoms with Crippen LogP contribution in [-0.2, 0) is 11.2 Å². The molecule has 4 aromatic rings. The number of aromatic nitrogens is 2. The summed E-state index contributed by atoms with van der Waals surface area (Å²) >= 11 is 13.0. The predicted octanol–water partition coefficient (Wildman–Crippen LogP) is 8.55. The number of hydrogen-bond donors (Lipinski definition) is 1. The molecule has 10 rings (SSSR count). The van der Waals surface area contributed by atoms with Crippen molar-refractivity contribution in [3.8, 4) is 17.2 Å². The fourth-order valence-corrected chi connectivity index (χ4v) is 10.1. The van der Waals surface area contributed by atoms with Gasteiger partial charge in [0.15, 0.2) is 5.82 Å². The summed E-state index contributed by atoms with van der Waals surface area (Å²) in [6.45, 7) is 2.70. The minimum Gasteiger partial charge on any atom is -0.337 e. The molecule has 3 saturated carbocycles. The van der Waals surface area contributed by atoms with Crippen LogP contribution in [0.5, 0.6) is 0 Å². The van der Waals surface area contributed by atoms with Crippen LogP contribution in [0.25, 0.3) is 32.9 Å². The van der Waals surface area contributed by atoms with E-state index in [2.05, 4.69) is 22.0 Å². The van der Waals surface area contributed by atoms with E-state index in [0.717, 1.165) is 42.4 Å². The summed E-state index contributed by atoms with van der Waals surface area (Å²) < 4.78 is 48.5. The molecule has 3 saturated heterocycles. The van der Waals surface area contributed by atoms with E-state index in [1.165, 1.54) is 0 Å². The molecule has 2 aromatic heterocycles. The molecular formula is C37H34Cl2F3N5O. The molecule has 3 aliphatic heterocycles. The van der Waals surface area contributed by atoms with Gasteiger partial charge in [-0.25, -0.2) is 18.2 Å². The van der Waals surface area contributed by atoms with E-state index in [-0.39, 0.29) is 64.8 Å². The maximum absolute atomic E-state index is 17.1. The van der Waals surface area contributed by atoms with Crippen molar-refractivity contribution in [3.05, 3.63) is 63.1 Å². The average Bonchev–Trinajstić information content (AvgIpc) is 3.47. The Balaban J connectivity index is 1.33. The fourth-order valence-electron chi connectivity index (χ4n) is 9.68. The number of pyridine rings is 1. The van der Waals surface area contributed by atoms with Gasteiger partial charge in [0, 0.05) is 70.2 Å². The molecule has 0 spiro atoms. The first kappa shape index (κ1) is 30.7. The summed E-state index contributed by atoms with van der Waals surface area (Å²) in [5.74, 6) is -1.29. The van der Waals surface area contributed by atoms with Crippen LogP contribution in [0.15, 0.2) is 30.3 Å². The summed E-state index contributed by atoms with van der Waals surface area (Å²) in [7, 11) is 0. The number of aryl methyl sites for hydroxylation is 2. The van der Waals surface area contributed by atoms with Crippen LogP contribution in [-0.4, -0.2) is 45.4 Å². The van der Waals surface area contributed by atoms with Crippen molar-refractivity contribution in [2.24, 2.45) is 23.7 Å². The minimum atomic E-state index is -2.46. The number of rotatable bonds is 7. The number of carbonyl (C=O) groups is 1. The van der Waals surface area contributed by atoms with E-state index >= 15 is 4.39 Å². The van der Waals surface area contributed by atoms with Crippen molar-refractivity contribution in [1.82, 2.24) is 19.8 Å². The lowest BCUT2D eigenvalue weighted by molar-refractivity contribution is -0.139. The summed E-state index contributed by atoms with van der Waals surface area (Å²) in [6, 6.07) is 10.8. The molecule has 2 aromatic carbocycles. The minimum absolute atomic E-state index is 0.0333. The molecule has 48 heavy (non-hydrogen) atoms. The zero-order valence-corrected chi connectivity index (χ0v) is 27.8. The molecule has 6 fully saturated rings. The predicted molar refractivity (Wildman–Crippen MR) is 179 cm³/mol. The highest BCUT2D eigenvalue weighted by Gasteiger charge is 2.59. The van der Waals surface area contributed by atoms with Crippen LogP contribution in [0.4, 0.5) is 13.2 Å². The number of fused-ring (bicyclic) bond motifs is 6. The molecule has 4 bridgehead atoms. The van der Waals surface area contributed by atoms with E-state index < -0.39 is 24.2 Å². The van der Waals surface area contributed by atoms with Gasteiger partial charge in [-0.05, 0) is 81.0 Å². The number of likely N-dealkylation sites (tertiary alicyclic amines) is 1. The third kappa shape index (κ3) is 4.34. The normalized spacial score (nSPS) is 29.0. The van der Waals surface area contributed by atoms with Gasteiger partial charge in [-0.3, -0.25) is 4.79 Å². The largest absolute Gasteiger partial charge is 0.337 e. The van der Waals surface area contributed by atoms with Gasteiger partial charge in [0.25, 0.3) is 0 Å². The number of hydrogen-bond acceptors (Lipinski definition) is 4. The molecule has 0 radical (unpaired) electrons. The van der Waals surface area contributed by atoms with E-state index in [9.17, 15) is 18.8 Å². The molecule has 11 heteroatoms. The fraction of sp³-hybridized carbons (Fsp3) is 0.486. The van der Waals surface area contributed by atoms with E-state index in [1.54, 1.807) is 18.2 Å². The maximum atomic E-state index is 17.1. The van der Waals surface area contributed by atoms with Gasteiger partial charge in [-0.1, -0.05) is 35.3 Å². The summed E-state index contributed by atoms with van der Waals surface area (Å²) in [6.07, 6.45) is 1.59. The third-order valence-corrected chi connectivity index (χ3v) is 12.8. The Kier molecular flexibility index (Phi) is 7.10. The van der Waals surface area contributed by atoms with Crippen LogP contribution in [0.1, 0.15) is 67.6 Å². The zero-order valence-electron chi connectivity index (χ0n) is 26.3. The number of piperidine rings is 1. The highest BCUT2D eigenvalue weighted by atomic mass is 35.5. The molecule has 1 N–H and O–H groups in total. The summed E-state index contributed by atoms with van der Waals surface area (Å²) in [5.41, 5.74) is 3.80. The Bertz CT molecular complexity index is 2060. The molecule has 6 aliphatic rings. The molecule has 248 valence electrons. The Hall–Kier alpha value is -3.32. The first-order valence-corrected chi connectivity index (χ1v) is 17.7. The molecule has 0 unspecified atom stereocenters. The molecular weight excluding hydrogens is 658 g/mol. The molecule has 3 aliphatic carbocycles. The first-order chi connectivity index (χ1) is 23.2. The lowest BCUT2D eigenvalue weighted by Gasteiger charge is -2.43. The van der Waals surface area contributed by atoms with Crippen molar-refractivity contribution < 1.29 is 18.0 Å². The lowest BCUT2D eigenvalue weighted by atomic mass is 9.79. The van der Waals surface area contributed by atoms with Crippen molar-refractivity contribution in [3.63, 3.8) is 0 Å². The van der Waals surface area contributed by atoms with Gasteiger partial charge >= 0.3 is 0 Å². The Morgan fingerprint density at radius 1 is 1.17 bits per heavy atom. The van der Waals surface area contributed by atoms with Crippen molar-refractivity contribution in [1.29, 1.82) is 5.26 Å². The monoisotopic (exact) mass is 691 g/mol. The second-order valence-corrected chi connectivity index (χ2v) is 15.3. The van der Waals surface area contributed by atoms with Crippen molar-refractivity contribution in [2.75, 3.05) is 6.54 Å². The summed E-state index contributed by atoms with van der Waals surface area (Å²) in [4.78, 5) is 20.7. The van der Waals surface area contributed by atoms with E-state index in [1.807, 2.05) is 17.9 Å². The lowest BCUT2D eigenvalue weighted by Crippen LogP contribution is -2.46. The zero-order chi connectivity index (χ0) is 33.2. The maximum Gasteiger partial charge on any atom is 0.241 e. The topological polar surface area (TPSA) is 74.0 Å². The highest BCUT2D eigenvalue weighted by Crippen LogP contribution is 2.59. The molecule has 6 nitrogen and oxygen atoms in total. The number of alkyl halides is 2. The Labute approximate surface area is 286 Å². The van der Waals surface area contributed by atoms with Gasteiger partial charge in [0.1, 0.15) is 5.52 Å². The van der Waals surface area contributed by atoms with Crippen LogP contribution >= 0.6 is 23.2 Å². The van der Waals surface area contributed by atoms with Gasteiger partial charge in [0.2, 0.25) is 12.3 Å². The van der Waals surface area contributed by atoms with Gasteiger partial charge < -0.3 is 14.8 Å². The van der Waals surface area contributed by atoms with Crippen LogP contribution in [0, 0.1) is 47.7 Å². The average molecular weight is 693 g/mol. The van der Waals surface area contributed by atoms with Gasteiger partial charge in [0.05, 0.1) is 33.7 Å². The van der Waals surface area contributed by atoms with E-state index in [0.29, 0.717) is 46.0 Å². The number of benzene rings is 2. The molecule has 7 atom stereocenters. The standard InChI is InChI=1S/C37H34Cl2F3N5O/c1-16-22-14-28(35-23-12-20(13-24(23)36(41)42)46(35)37(48)17-7-8-17)47(33-19-11-27(33)44-15-19)34(22)25-10-18(4-3-9-43)29(31(40)32(25)45-16)21-5-2-6-26(38)30(21)39/h2,5-6,10,14,17,19-20,23-24,27,33,35-36,44H,3-4,7-8,11-13,15H2,1H3/t19-,20-,23+,24+,27-,33+,35-/m1/s1. The van der Waals surface area contributed by atoms with Gasteiger partial charge in [-0.2, -0.15) is 5.26 Å². The number of amides is 1. The second kappa shape index (κ2) is 11.1. The van der Waals surface area contributed by atoms with Crippen molar-refractivity contribution in [2.45, 2.75) is 82.5 Å². The summed E-state index contributed by atoms with van der Waals surface area (Å²) in [5, 5.41) is 15.1. The first-order valence-electron chi connectivity index (χ1n) is 17.0. The van der Waals surface area contributed by atoms with Gasteiger partial charge in [-0.15, -0.1) is 0 Å². The highest BCUT2D eigenvalue weighted by molar-refractivity contribution is 6.43. The quantitative estimate of drug-likeness (QED) is 0.211. The second-order valence-electron chi connectivity index (χ2n) is 14.5.